The molecule has 0 aromatic heterocycles. The highest BCUT2D eigenvalue weighted by Crippen LogP contribution is 2.42. The van der Waals surface area contributed by atoms with Crippen LogP contribution in [-0.4, -0.2) is 55.5 Å². The molecule has 3 aromatic rings. The highest BCUT2D eigenvalue weighted by atomic mass is 16.5. The maximum absolute atomic E-state index is 9.64. The third-order valence-corrected chi connectivity index (χ3v) is 7.45. The first-order valence-corrected chi connectivity index (χ1v) is 14.7. The fourth-order valence-corrected chi connectivity index (χ4v) is 5.33. The van der Waals surface area contributed by atoms with Crippen molar-refractivity contribution in [1.29, 1.82) is 5.41 Å². The molecule has 1 fully saturated rings. The summed E-state index contributed by atoms with van der Waals surface area (Å²) in [6.07, 6.45) is 8.94. The van der Waals surface area contributed by atoms with Gasteiger partial charge in [0.2, 0.25) is 0 Å². The number of anilines is 1. The van der Waals surface area contributed by atoms with E-state index in [1.54, 1.807) is 7.11 Å². The molecule has 1 aliphatic heterocycles. The van der Waals surface area contributed by atoms with Crippen molar-refractivity contribution in [3.63, 3.8) is 0 Å². The number of benzene rings is 3. The van der Waals surface area contributed by atoms with Gasteiger partial charge in [0.15, 0.2) is 0 Å². The van der Waals surface area contributed by atoms with E-state index in [1.807, 2.05) is 45.2 Å². The largest absolute Gasteiger partial charge is 0.496 e. The quantitative estimate of drug-likeness (QED) is 0.163. The molecule has 0 amide bonds. The number of nitrogens with zero attached hydrogens (tertiary/aromatic N) is 3. The van der Waals surface area contributed by atoms with Gasteiger partial charge >= 0.3 is 0 Å². The Bertz CT molecular complexity index is 1350. The second kappa shape index (κ2) is 15.1. The maximum atomic E-state index is 9.64. The standard InChI is InChI=1S/C34H37N4O.C2H6/c1-3-4-21-38(22-20-27-12-7-5-8-13-27)34(35)33(30-16-11-17-31(39-2)32(30)28-18-19-28)37-25-23-36(24-26-37)29-14-9-6-10-15-29;1-2/h3,5-19,21,33,35H,20,22-26H2,1-2H3;1-2H3. The van der Waals surface area contributed by atoms with Crippen molar-refractivity contribution in [2.75, 3.05) is 44.7 Å². The van der Waals surface area contributed by atoms with E-state index in [2.05, 4.69) is 99.7 Å². The van der Waals surface area contributed by atoms with Gasteiger partial charge in [-0.3, -0.25) is 10.3 Å². The Labute approximate surface area is 246 Å². The van der Waals surface area contributed by atoms with Crippen LogP contribution in [0.4, 0.5) is 5.69 Å². The maximum Gasteiger partial charge on any atom is 0.126 e. The molecular weight excluding hydrogens is 504 g/mol. The molecule has 41 heavy (non-hydrogen) atoms. The zero-order valence-corrected chi connectivity index (χ0v) is 24.9. The monoisotopic (exact) mass is 547 g/mol. The van der Waals surface area contributed by atoms with Crippen LogP contribution in [0.1, 0.15) is 43.5 Å². The van der Waals surface area contributed by atoms with Crippen LogP contribution in [0, 0.1) is 11.8 Å². The number of hydrogen-bond acceptors (Lipinski definition) is 4. The lowest BCUT2D eigenvalue weighted by Gasteiger charge is -2.42. The lowest BCUT2D eigenvalue weighted by atomic mass is 9.94. The SMILES string of the molecule is CC.CC=C=CN(CCc1ccccc1)C(=N)C(c1cccc(OC)c1C1=C[CH]1)N1CCN(c2ccccc2)CC1. The van der Waals surface area contributed by atoms with Crippen molar-refractivity contribution >= 4 is 17.1 Å². The Morgan fingerprint density at radius 3 is 2.22 bits per heavy atom. The van der Waals surface area contributed by atoms with Crippen molar-refractivity contribution in [2.24, 2.45) is 0 Å². The number of methoxy groups -OCH3 is 1. The molecule has 1 heterocycles. The summed E-state index contributed by atoms with van der Waals surface area (Å²) in [6.45, 7) is 10.2. The number of ether oxygens (including phenoxy) is 1. The van der Waals surface area contributed by atoms with Crippen molar-refractivity contribution in [3.05, 3.63) is 126 Å². The summed E-state index contributed by atoms with van der Waals surface area (Å²) < 4.78 is 5.81. The number of amidine groups is 1. The average molecular weight is 548 g/mol. The van der Waals surface area contributed by atoms with E-state index in [4.69, 9.17) is 4.74 Å². The number of hydrogen-bond donors (Lipinski definition) is 1. The molecule has 2 aliphatic rings. The molecule has 0 spiro atoms. The van der Waals surface area contributed by atoms with Crippen molar-refractivity contribution in [2.45, 2.75) is 33.2 Å². The molecule has 1 aliphatic carbocycles. The summed E-state index contributed by atoms with van der Waals surface area (Å²) in [7, 11) is 1.73. The van der Waals surface area contributed by atoms with Crippen molar-refractivity contribution in [3.8, 4) is 5.75 Å². The first kappa shape index (κ1) is 29.9. The van der Waals surface area contributed by atoms with Crippen LogP contribution in [0.3, 0.4) is 0 Å². The molecule has 0 saturated carbocycles. The normalized spacial score (nSPS) is 14.9. The fraction of sp³-hybridized carbons (Fsp3) is 0.306. The van der Waals surface area contributed by atoms with Crippen LogP contribution < -0.4 is 9.64 Å². The number of allylic oxidation sites excluding steroid dienone is 3. The minimum atomic E-state index is -0.214. The molecule has 1 N–H and O–H groups in total. The van der Waals surface area contributed by atoms with Gasteiger partial charge in [-0.15, -0.1) is 5.73 Å². The van der Waals surface area contributed by atoms with Crippen LogP contribution in [0.2, 0.25) is 0 Å². The Morgan fingerprint density at radius 2 is 1.61 bits per heavy atom. The Morgan fingerprint density at radius 1 is 0.951 bits per heavy atom. The molecule has 5 heteroatoms. The predicted molar refractivity (Wildman–Crippen MR) is 172 cm³/mol. The average Bonchev–Trinajstić information content (AvgIpc) is 3.89. The lowest BCUT2D eigenvalue weighted by molar-refractivity contribution is 0.218. The Hall–Kier alpha value is -4.05. The van der Waals surface area contributed by atoms with E-state index >= 15 is 0 Å². The van der Waals surface area contributed by atoms with Gasteiger partial charge in [0, 0.05) is 56.6 Å². The van der Waals surface area contributed by atoms with Gasteiger partial charge in [-0.25, -0.2) is 0 Å². The molecule has 1 saturated heterocycles. The van der Waals surface area contributed by atoms with Gasteiger partial charge < -0.3 is 14.5 Å². The first-order chi connectivity index (χ1) is 20.2. The molecule has 5 rings (SSSR count). The zero-order chi connectivity index (χ0) is 29.0. The highest BCUT2D eigenvalue weighted by molar-refractivity contribution is 5.95. The van der Waals surface area contributed by atoms with Crippen LogP contribution in [0.5, 0.6) is 5.75 Å². The Kier molecular flexibility index (Phi) is 11.0. The minimum Gasteiger partial charge on any atom is -0.496 e. The van der Waals surface area contributed by atoms with Crippen molar-refractivity contribution in [1.82, 2.24) is 9.80 Å². The van der Waals surface area contributed by atoms with Gasteiger partial charge in [0.25, 0.3) is 0 Å². The Balaban J connectivity index is 0.00000189. The summed E-state index contributed by atoms with van der Waals surface area (Å²) in [5, 5.41) is 9.64. The van der Waals surface area contributed by atoms with Crippen molar-refractivity contribution < 1.29 is 4.74 Å². The van der Waals surface area contributed by atoms with E-state index in [1.165, 1.54) is 16.8 Å². The van der Waals surface area contributed by atoms with E-state index < -0.39 is 0 Å². The zero-order valence-electron chi connectivity index (χ0n) is 24.9. The summed E-state index contributed by atoms with van der Waals surface area (Å²) in [5.41, 5.74) is 9.15. The highest BCUT2D eigenvalue weighted by Gasteiger charge is 2.34. The fourth-order valence-electron chi connectivity index (χ4n) is 5.33. The van der Waals surface area contributed by atoms with E-state index in [0.717, 1.165) is 49.5 Å². The lowest BCUT2D eigenvalue weighted by Crippen LogP contribution is -2.51. The summed E-state index contributed by atoms with van der Waals surface area (Å²) in [6, 6.07) is 27.1. The van der Waals surface area contributed by atoms with Crippen LogP contribution in [0.25, 0.3) is 5.57 Å². The first-order valence-electron chi connectivity index (χ1n) is 14.7. The van der Waals surface area contributed by atoms with E-state index in [9.17, 15) is 5.41 Å². The molecular formula is C36H43N4O. The van der Waals surface area contributed by atoms with Gasteiger partial charge in [-0.05, 0) is 54.3 Å². The van der Waals surface area contributed by atoms with Gasteiger partial charge in [0.1, 0.15) is 11.6 Å². The number of rotatable bonds is 10. The minimum absolute atomic E-state index is 0.214. The third kappa shape index (κ3) is 7.58. The van der Waals surface area contributed by atoms with E-state index in [-0.39, 0.29) is 6.04 Å². The number of para-hydroxylation sites is 1. The molecule has 1 unspecified atom stereocenters. The molecule has 1 radical (unpaired) electrons. The smallest absolute Gasteiger partial charge is 0.126 e. The molecule has 3 aromatic carbocycles. The number of nitrogens with one attached hydrogen (secondary N) is 1. The predicted octanol–water partition coefficient (Wildman–Crippen LogP) is 7.40. The topological polar surface area (TPSA) is 42.8 Å². The van der Waals surface area contributed by atoms with Gasteiger partial charge in [0.05, 0.1) is 13.2 Å². The second-order valence-electron chi connectivity index (χ2n) is 9.87. The molecule has 213 valence electrons. The van der Waals surface area contributed by atoms with Crippen LogP contribution in [-0.2, 0) is 6.42 Å². The number of piperazine rings is 1. The van der Waals surface area contributed by atoms with E-state index in [0.29, 0.717) is 12.4 Å². The summed E-state index contributed by atoms with van der Waals surface area (Å²) in [4.78, 5) is 6.96. The third-order valence-electron chi connectivity index (χ3n) is 7.45. The van der Waals surface area contributed by atoms with Crippen LogP contribution in [0.15, 0.2) is 103 Å². The summed E-state index contributed by atoms with van der Waals surface area (Å²) in [5.74, 6) is 1.41. The van der Waals surface area contributed by atoms with Gasteiger partial charge in [-0.1, -0.05) is 80.6 Å². The molecule has 5 nitrogen and oxygen atoms in total. The molecule has 0 bridgehead atoms. The second-order valence-corrected chi connectivity index (χ2v) is 9.87. The summed E-state index contributed by atoms with van der Waals surface area (Å²) >= 11 is 0. The van der Waals surface area contributed by atoms with Crippen LogP contribution >= 0.6 is 0 Å². The molecule has 1 atom stereocenters. The van der Waals surface area contributed by atoms with Gasteiger partial charge in [-0.2, -0.15) is 0 Å².